The van der Waals surface area contributed by atoms with Gasteiger partial charge >= 0.3 is 0 Å². The molecule has 1 N–H and O–H groups in total. The number of anilines is 1. The number of halogens is 2. The van der Waals surface area contributed by atoms with Crippen molar-refractivity contribution in [3.63, 3.8) is 0 Å². The van der Waals surface area contributed by atoms with Crippen LogP contribution in [-0.4, -0.2) is 18.2 Å². The standard InChI is InChI=1S/C20H22Cl2N2O2/c1-13(19(25)24-18-10-16(21)9-17(22)11-18)26-23-12-14-5-7-15(8-6-14)20(2,3)4/h5-13H,1-4H3,(H,24,25). The van der Waals surface area contributed by atoms with Crippen LogP contribution in [0.3, 0.4) is 0 Å². The van der Waals surface area contributed by atoms with E-state index in [1.54, 1.807) is 31.3 Å². The number of benzene rings is 2. The molecule has 0 fully saturated rings. The monoisotopic (exact) mass is 392 g/mol. The third kappa shape index (κ3) is 6.04. The van der Waals surface area contributed by atoms with Crippen LogP contribution >= 0.6 is 23.2 Å². The van der Waals surface area contributed by atoms with Crippen LogP contribution in [0, 0.1) is 0 Å². The summed E-state index contributed by atoms with van der Waals surface area (Å²) < 4.78 is 0. The summed E-state index contributed by atoms with van der Waals surface area (Å²) in [5, 5.41) is 7.47. The molecule has 26 heavy (non-hydrogen) atoms. The van der Waals surface area contributed by atoms with Gasteiger partial charge in [0.1, 0.15) is 0 Å². The minimum Gasteiger partial charge on any atom is -0.383 e. The minimum absolute atomic E-state index is 0.0992. The Bertz CT molecular complexity index is 776. The van der Waals surface area contributed by atoms with Crippen molar-refractivity contribution >= 4 is 41.0 Å². The predicted molar refractivity (Wildman–Crippen MR) is 108 cm³/mol. The smallest absolute Gasteiger partial charge is 0.267 e. The van der Waals surface area contributed by atoms with E-state index in [0.29, 0.717) is 15.7 Å². The van der Waals surface area contributed by atoms with E-state index >= 15 is 0 Å². The van der Waals surface area contributed by atoms with Gasteiger partial charge < -0.3 is 10.2 Å². The van der Waals surface area contributed by atoms with Crippen LogP contribution in [0.1, 0.15) is 38.8 Å². The Morgan fingerprint density at radius 3 is 2.23 bits per heavy atom. The molecule has 2 rings (SSSR count). The summed E-state index contributed by atoms with van der Waals surface area (Å²) in [5.41, 5.74) is 2.74. The fourth-order valence-corrected chi connectivity index (χ4v) is 2.70. The van der Waals surface area contributed by atoms with Crippen molar-refractivity contribution in [3.8, 4) is 0 Å². The summed E-state index contributed by atoms with van der Waals surface area (Å²) in [6.45, 7) is 8.09. The fraction of sp³-hybridized carbons (Fsp3) is 0.300. The quantitative estimate of drug-likeness (QED) is 0.526. The van der Waals surface area contributed by atoms with E-state index in [2.05, 4.69) is 43.4 Å². The van der Waals surface area contributed by atoms with E-state index in [-0.39, 0.29) is 11.3 Å². The van der Waals surface area contributed by atoms with Gasteiger partial charge in [0.05, 0.1) is 6.21 Å². The summed E-state index contributed by atoms with van der Waals surface area (Å²) in [7, 11) is 0. The number of carbonyl (C=O) groups excluding carboxylic acids is 1. The number of hydrogen-bond donors (Lipinski definition) is 1. The number of carbonyl (C=O) groups is 1. The van der Waals surface area contributed by atoms with Crippen LogP contribution in [0.2, 0.25) is 10.0 Å². The number of nitrogens with one attached hydrogen (secondary N) is 1. The Labute approximate surface area is 164 Å². The van der Waals surface area contributed by atoms with E-state index in [1.807, 2.05) is 12.1 Å². The highest BCUT2D eigenvalue weighted by molar-refractivity contribution is 6.35. The normalized spacial score (nSPS) is 12.8. The third-order valence-electron chi connectivity index (χ3n) is 3.70. The van der Waals surface area contributed by atoms with Gasteiger partial charge in [0.2, 0.25) is 6.10 Å². The zero-order chi connectivity index (χ0) is 19.3. The van der Waals surface area contributed by atoms with E-state index in [9.17, 15) is 4.79 Å². The zero-order valence-corrected chi connectivity index (χ0v) is 16.7. The molecule has 0 aromatic heterocycles. The summed E-state index contributed by atoms with van der Waals surface area (Å²) in [6, 6.07) is 12.9. The van der Waals surface area contributed by atoms with Crippen molar-refractivity contribution in [3.05, 3.63) is 63.6 Å². The molecule has 0 aliphatic rings. The highest BCUT2D eigenvalue weighted by Crippen LogP contribution is 2.23. The topological polar surface area (TPSA) is 50.7 Å². The SMILES string of the molecule is CC(ON=Cc1ccc(C(C)(C)C)cc1)C(=O)Nc1cc(Cl)cc(Cl)c1. The van der Waals surface area contributed by atoms with Crippen LogP contribution in [0.4, 0.5) is 5.69 Å². The first-order valence-corrected chi connectivity index (χ1v) is 8.97. The van der Waals surface area contributed by atoms with Gasteiger partial charge in [-0.15, -0.1) is 0 Å². The lowest BCUT2D eigenvalue weighted by Crippen LogP contribution is -2.26. The van der Waals surface area contributed by atoms with Crippen LogP contribution in [0.15, 0.2) is 47.6 Å². The zero-order valence-electron chi connectivity index (χ0n) is 15.2. The summed E-state index contributed by atoms with van der Waals surface area (Å²) >= 11 is 11.8. The highest BCUT2D eigenvalue weighted by atomic mass is 35.5. The summed E-state index contributed by atoms with van der Waals surface area (Å²) in [6.07, 6.45) is 0.810. The first-order valence-electron chi connectivity index (χ1n) is 8.22. The molecule has 1 amide bonds. The molecule has 0 saturated carbocycles. The van der Waals surface area contributed by atoms with Crippen molar-refractivity contribution in [1.29, 1.82) is 0 Å². The Morgan fingerprint density at radius 1 is 1.12 bits per heavy atom. The lowest BCUT2D eigenvalue weighted by molar-refractivity contribution is -0.126. The van der Waals surface area contributed by atoms with Crippen LogP contribution < -0.4 is 5.32 Å². The van der Waals surface area contributed by atoms with Gasteiger partial charge in [-0.1, -0.05) is 73.4 Å². The molecule has 138 valence electrons. The lowest BCUT2D eigenvalue weighted by atomic mass is 9.87. The molecule has 6 heteroatoms. The maximum Gasteiger partial charge on any atom is 0.267 e. The molecule has 0 bridgehead atoms. The van der Waals surface area contributed by atoms with Crippen molar-refractivity contribution in [2.75, 3.05) is 5.32 Å². The van der Waals surface area contributed by atoms with Gasteiger partial charge in [-0.25, -0.2) is 0 Å². The van der Waals surface area contributed by atoms with Crippen molar-refractivity contribution in [1.82, 2.24) is 0 Å². The van der Waals surface area contributed by atoms with Crippen molar-refractivity contribution in [2.24, 2.45) is 5.16 Å². The molecule has 0 aliphatic heterocycles. The largest absolute Gasteiger partial charge is 0.383 e. The lowest BCUT2D eigenvalue weighted by Gasteiger charge is -2.18. The molecule has 0 heterocycles. The summed E-state index contributed by atoms with van der Waals surface area (Å²) in [4.78, 5) is 17.4. The third-order valence-corrected chi connectivity index (χ3v) is 4.13. The maximum absolute atomic E-state index is 12.1. The van der Waals surface area contributed by atoms with Crippen molar-refractivity contribution < 1.29 is 9.63 Å². The molecule has 0 radical (unpaired) electrons. The van der Waals surface area contributed by atoms with E-state index < -0.39 is 6.10 Å². The number of amides is 1. The second-order valence-electron chi connectivity index (χ2n) is 7.00. The Kier molecular flexibility index (Phi) is 6.68. The molecular formula is C20H22Cl2N2O2. The van der Waals surface area contributed by atoms with Gasteiger partial charge in [-0.3, -0.25) is 4.79 Å². The molecular weight excluding hydrogens is 371 g/mol. The number of nitrogens with zero attached hydrogens (tertiary/aromatic N) is 1. The average Bonchev–Trinajstić information content (AvgIpc) is 2.53. The molecule has 1 unspecified atom stereocenters. The Morgan fingerprint density at radius 2 is 1.69 bits per heavy atom. The first-order chi connectivity index (χ1) is 12.1. The maximum atomic E-state index is 12.1. The molecule has 0 spiro atoms. The van der Waals surface area contributed by atoms with Gasteiger partial charge in [0, 0.05) is 15.7 Å². The van der Waals surface area contributed by atoms with E-state index in [1.165, 1.54) is 5.56 Å². The fourth-order valence-electron chi connectivity index (χ4n) is 2.17. The summed E-state index contributed by atoms with van der Waals surface area (Å²) in [5.74, 6) is -0.344. The van der Waals surface area contributed by atoms with E-state index in [4.69, 9.17) is 28.0 Å². The van der Waals surface area contributed by atoms with Crippen LogP contribution in [0.25, 0.3) is 0 Å². The number of oxime groups is 1. The molecule has 4 nitrogen and oxygen atoms in total. The molecule has 1 atom stereocenters. The van der Waals surface area contributed by atoms with E-state index in [0.717, 1.165) is 5.56 Å². The highest BCUT2D eigenvalue weighted by Gasteiger charge is 2.15. The minimum atomic E-state index is -0.766. The van der Waals surface area contributed by atoms with Crippen LogP contribution in [0.5, 0.6) is 0 Å². The van der Waals surface area contributed by atoms with Gasteiger partial charge in [-0.2, -0.15) is 0 Å². The van der Waals surface area contributed by atoms with Crippen LogP contribution in [-0.2, 0) is 15.0 Å². The molecule has 0 aliphatic carbocycles. The Hall–Kier alpha value is -2.04. The van der Waals surface area contributed by atoms with Gasteiger partial charge in [0.25, 0.3) is 5.91 Å². The number of hydrogen-bond acceptors (Lipinski definition) is 3. The Balaban J connectivity index is 1.91. The number of rotatable bonds is 5. The molecule has 2 aromatic carbocycles. The van der Waals surface area contributed by atoms with Crippen molar-refractivity contribution in [2.45, 2.75) is 39.2 Å². The average molecular weight is 393 g/mol. The second kappa shape index (κ2) is 8.56. The van der Waals surface area contributed by atoms with Gasteiger partial charge in [-0.05, 0) is 41.7 Å². The molecule has 0 saturated heterocycles. The first kappa shape index (κ1) is 20.3. The van der Waals surface area contributed by atoms with Gasteiger partial charge in [0.15, 0.2) is 0 Å². The predicted octanol–water partition coefficient (Wildman–Crippen LogP) is 5.67. The second-order valence-corrected chi connectivity index (χ2v) is 7.87. The molecule has 2 aromatic rings.